The van der Waals surface area contributed by atoms with Crippen molar-refractivity contribution in [1.82, 2.24) is 5.32 Å². The van der Waals surface area contributed by atoms with Crippen LogP contribution in [0.15, 0.2) is 52.9 Å². The molecule has 1 amide bonds. The maximum Gasteiger partial charge on any atom is 0.258 e. The molecule has 2 aromatic carbocycles. The number of halogens is 2. The molecule has 0 aliphatic carbocycles. The Kier molecular flexibility index (Phi) is 4.46. The lowest BCUT2D eigenvalue weighted by molar-refractivity contribution is -0.123. The van der Waals surface area contributed by atoms with Crippen LogP contribution in [0.4, 0.5) is 8.78 Å². The summed E-state index contributed by atoms with van der Waals surface area (Å²) in [6.07, 6.45) is 0. The van der Waals surface area contributed by atoms with E-state index in [0.29, 0.717) is 5.76 Å². The van der Waals surface area contributed by atoms with Crippen molar-refractivity contribution >= 4 is 16.9 Å². The molecule has 1 N–H and O–H groups in total. The van der Waals surface area contributed by atoms with Crippen LogP contribution in [0.25, 0.3) is 11.0 Å². The topological polar surface area (TPSA) is 51.5 Å². The minimum atomic E-state index is -1.02. The number of hydrogen-bond donors (Lipinski definition) is 1. The van der Waals surface area contributed by atoms with Gasteiger partial charge in [-0.25, -0.2) is 8.78 Å². The Hall–Kier alpha value is -2.89. The Labute approximate surface area is 137 Å². The van der Waals surface area contributed by atoms with Crippen LogP contribution >= 0.6 is 0 Å². The molecule has 1 heterocycles. The van der Waals surface area contributed by atoms with E-state index in [2.05, 4.69) is 5.32 Å². The molecular formula is C18H15F2NO3. The third kappa shape index (κ3) is 3.53. The summed E-state index contributed by atoms with van der Waals surface area (Å²) in [5.41, 5.74) is 0.742. The van der Waals surface area contributed by atoms with E-state index < -0.39 is 17.5 Å². The molecule has 0 bridgehead atoms. The Bertz CT molecular complexity index is 843. The number of nitrogens with one attached hydrogen (secondary N) is 1. The van der Waals surface area contributed by atoms with Crippen molar-refractivity contribution in [3.8, 4) is 5.75 Å². The smallest absolute Gasteiger partial charge is 0.258 e. The highest BCUT2D eigenvalue weighted by Crippen LogP contribution is 2.23. The van der Waals surface area contributed by atoms with E-state index in [1.165, 1.54) is 6.07 Å². The second-order valence-corrected chi connectivity index (χ2v) is 5.34. The quantitative estimate of drug-likeness (QED) is 0.770. The van der Waals surface area contributed by atoms with Crippen molar-refractivity contribution in [2.24, 2.45) is 0 Å². The molecule has 1 atom stereocenters. The number of fused-ring (bicyclic) bond motifs is 1. The molecule has 124 valence electrons. The van der Waals surface area contributed by atoms with Crippen LogP contribution < -0.4 is 10.1 Å². The average molecular weight is 331 g/mol. The van der Waals surface area contributed by atoms with Crippen molar-refractivity contribution in [1.29, 1.82) is 0 Å². The maximum absolute atomic E-state index is 13.1. The number of rotatable bonds is 5. The summed E-state index contributed by atoms with van der Waals surface area (Å²) in [7, 11) is 0. The van der Waals surface area contributed by atoms with Crippen molar-refractivity contribution in [3.05, 3.63) is 65.9 Å². The number of para-hydroxylation sites is 1. The number of hydrogen-bond acceptors (Lipinski definition) is 3. The molecule has 0 saturated carbocycles. The number of carbonyl (C=O) groups excluding carboxylic acids is 1. The minimum absolute atomic E-state index is 0.0837. The molecule has 6 heteroatoms. The van der Waals surface area contributed by atoms with Gasteiger partial charge in [0.1, 0.15) is 17.1 Å². The first-order valence-electron chi connectivity index (χ1n) is 7.38. The number of furan rings is 1. The summed E-state index contributed by atoms with van der Waals surface area (Å²) < 4.78 is 36.7. The van der Waals surface area contributed by atoms with Crippen LogP contribution in [0.3, 0.4) is 0 Å². The molecular weight excluding hydrogens is 316 g/mol. The van der Waals surface area contributed by atoms with E-state index in [-0.39, 0.29) is 18.4 Å². The van der Waals surface area contributed by atoms with Gasteiger partial charge in [0.2, 0.25) is 0 Å². The van der Waals surface area contributed by atoms with Gasteiger partial charge in [-0.05, 0) is 31.2 Å². The van der Waals surface area contributed by atoms with Crippen molar-refractivity contribution in [2.45, 2.75) is 13.0 Å². The Morgan fingerprint density at radius 3 is 2.71 bits per heavy atom. The van der Waals surface area contributed by atoms with Crippen LogP contribution in [0.2, 0.25) is 0 Å². The number of amides is 1. The van der Waals surface area contributed by atoms with Crippen molar-refractivity contribution < 1.29 is 22.7 Å². The molecule has 0 aliphatic heterocycles. The van der Waals surface area contributed by atoms with Gasteiger partial charge in [-0.3, -0.25) is 4.79 Å². The average Bonchev–Trinajstić information content (AvgIpc) is 3.00. The zero-order valence-corrected chi connectivity index (χ0v) is 12.9. The fourth-order valence-corrected chi connectivity index (χ4v) is 2.29. The normalized spacial score (nSPS) is 12.1. The second-order valence-electron chi connectivity index (χ2n) is 5.34. The summed E-state index contributed by atoms with van der Waals surface area (Å²) in [5, 5.41) is 3.68. The highest BCUT2D eigenvalue weighted by molar-refractivity contribution is 5.79. The van der Waals surface area contributed by atoms with Gasteiger partial charge < -0.3 is 14.5 Å². The highest BCUT2D eigenvalue weighted by atomic mass is 19.2. The van der Waals surface area contributed by atoms with Gasteiger partial charge in [0, 0.05) is 11.5 Å². The Morgan fingerprint density at radius 2 is 1.96 bits per heavy atom. The maximum atomic E-state index is 13.1. The van der Waals surface area contributed by atoms with Crippen LogP contribution in [0.5, 0.6) is 5.75 Å². The third-order valence-electron chi connectivity index (χ3n) is 3.51. The molecule has 0 fully saturated rings. The molecule has 0 saturated heterocycles. The summed E-state index contributed by atoms with van der Waals surface area (Å²) >= 11 is 0. The first-order chi connectivity index (χ1) is 11.5. The summed E-state index contributed by atoms with van der Waals surface area (Å²) in [5.74, 6) is -1.68. The lowest BCUT2D eigenvalue weighted by Crippen LogP contribution is -2.31. The van der Waals surface area contributed by atoms with Crippen molar-refractivity contribution in [2.75, 3.05) is 6.61 Å². The third-order valence-corrected chi connectivity index (χ3v) is 3.51. The Balaban J connectivity index is 1.58. The fourth-order valence-electron chi connectivity index (χ4n) is 2.29. The lowest BCUT2D eigenvalue weighted by atomic mass is 10.2. The van der Waals surface area contributed by atoms with Crippen molar-refractivity contribution in [3.63, 3.8) is 0 Å². The standard InChI is InChI=1S/C18H15F2NO3/c1-11(17-8-12-4-2-3-5-16(12)24-17)21-18(22)10-23-13-6-7-14(19)15(20)9-13/h2-9,11H,10H2,1H3,(H,21,22). The molecule has 0 spiro atoms. The monoisotopic (exact) mass is 331 g/mol. The van der Waals surface area contributed by atoms with Crippen LogP contribution in [-0.4, -0.2) is 12.5 Å². The molecule has 1 aromatic heterocycles. The SMILES string of the molecule is CC(NC(=O)COc1ccc(F)c(F)c1)c1cc2ccccc2o1. The fraction of sp³-hybridized carbons (Fsp3) is 0.167. The zero-order chi connectivity index (χ0) is 17.1. The molecule has 3 rings (SSSR count). The van der Waals surface area contributed by atoms with Crippen LogP contribution in [0.1, 0.15) is 18.7 Å². The van der Waals surface area contributed by atoms with Gasteiger partial charge in [-0.2, -0.15) is 0 Å². The van der Waals surface area contributed by atoms with E-state index in [0.717, 1.165) is 23.1 Å². The van der Waals surface area contributed by atoms with Gasteiger partial charge in [0.15, 0.2) is 18.2 Å². The van der Waals surface area contributed by atoms with Crippen LogP contribution in [-0.2, 0) is 4.79 Å². The van der Waals surface area contributed by atoms with Gasteiger partial charge in [-0.15, -0.1) is 0 Å². The Morgan fingerprint density at radius 1 is 1.17 bits per heavy atom. The zero-order valence-electron chi connectivity index (χ0n) is 12.9. The van der Waals surface area contributed by atoms with E-state index in [9.17, 15) is 13.6 Å². The van der Waals surface area contributed by atoms with Gasteiger partial charge in [0.25, 0.3) is 5.91 Å². The predicted octanol–water partition coefficient (Wildman–Crippen LogP) is 3.97. The van der Waals surface area contributed by atoms with Gasteiger partial charge in [-0.1, -0.05) is 18.2 Å². The summed E-state index contributed by atoms with van der Waals surface area (Å²) in [6.45, 7) is 1.48. The van der Waals surface area contributed by atoms with E-state index >= 15 is 0 Å². The lowest BCUT2D eigenvalue weighted by Gasteiger charge is -2.12. The highest BCUT2D eigenvalue weighted by Gasteiger charge is 2.14. The first kappa shape index (κ1) is 16.0. The second kappa shape index (κ2) is 6.70. The largest absolute Gasteiger partial charge is 0.484 e. The molecule has 3 aromatic rings. The van der Waals surface area contributed by atoms with E-state index in [1.807, 2.05) is 30.3 Å². The number of carbonyl (C=O) groups is 1. The molecule has 1 unspecified atom stereocenters. The number of benzene rings is 2. The molecule has 4 nitrogen and oxygen atoms in total. The van der Waals surface area contributed by atoms with Crippen LogP contribution in [0, 0.1) is 11.6 Å². The predicted molar refractivity (Wildman–Crippen MR) is 84.6 cm³/mol. The molecule has 0 aliphatic rings. The summed E-state index contributed by atoms with van der Waals surface area (Å²) in [4.78, 5) is 11.9. The first-order valence-corrected chi connectivity index (χ1v) is 7.38. The molecule has 24 heavy (non-hydrogen) atoms. The minimum Gasteiger partial charge on any atom is -0.484 e. The van der Waals surface area contributed by atoms with Gasteiger partial charge >= 0.3 is 0 Å². The van der Waals surface area contributed by atoms with E-state index in [4.69, 9.17) is 9.15 Å². The van der Waals surface area contributed by atoms with E-state index in [1.54, 1.807) is 6.92 Å². The number of ether oxygens (including phenoxy) is 1. The van der Waals surface area contributed by atoms with Gasteiger partial charge in [0.05, 0.1) is 6.04 Å². The summed E-state index contributed by atoms with van der Waals surface area (Å²) in [6, 6.07) is 12.1. The molecule has 0 radical (unpaired) electrons.